The molecule has 0 aliphatic rings. The van der Waals surface area contributed by atoms with Crippen LogP contribution in [0.2, 0.25) is 0 Å². The summed E-state index contributed by atoms with van der Waals surface area (Å²) in [5, 5.41) is 11.5. The molecule has 0 heterocycles. The second-order valence-corrected chi connectivity index (χ2v) is 11.7. The Bertz CT molecular complexity index is 855. The van der Waals surface area contributed by atoms with Crippen molar-refractivity contribution in [3.8, 4) is 0 Å². The number of ether oxygens (including phenoxy) is 3. The zero-order valence-electron chi connectivity index (χ0n) is 27.6. The van der Waals surface area contributed by atoms with Gasteiger partial charge in [-0.2, -0.15) is 0 Å². The number of rotatable bonds is 27. The Morgan fingerprint density at radius 2 is 1.30 bits per heavy atom. The van der Waals surface area contributed by atoms with E-state index in [1.165, 1.54) is 19.3 Å². The van der Waals surface area contributed by atoms with Gasteiger partial charge in [-0.05, 0) is 38.5 Å². The van der Waals surface area contributed by atoms with E-state index in [0.29, 0.717) is 12.8 Å². The molecule has 0 aromatic heterocycles. The highest BCUT2D eigenvalue weighted by Gasteiger charge is 2.25. The average molecular weight is 606 g/mol. The van der Waals surface area contributed by atoms with E-state index in [2.05, 4.69) is 50.3 Å². The summed E-state index contributed by atoms with van der Waals surface area (Å²) in [5.41, 5.74) is 0. The minimum Gasteiger partial charge on any atom is -0.544 e. The topological polar surface area (TPSA) is 102 Å². The molecule has 0 fully saturated rings. The Kier molecular flexibility index (Phi) is 25.2. The molecule has 0 aliphatic carbocycles. The fourth-order valence-electron chi connectivity index (χ4n) is 4.20. The molecule has 0 spiro atoms. The first-order chi connectivity index (χ1) is 20.6. The van der Waals surface area contributed by atoms with Gasteiger partial charge in [0.2, 0.25) is 0 Å². The van der Waals surface area contributed by atoms with Crippen LogP contribution in [0.4, 0.5) is 0 Å². The molecule has 0 saturated heterocycles. The number of unbranched alkanes of at least 4 members (excludes halogenated alkanes) is 5. The zero-order valence-corrected chi connectivity index (χ0v) is 27.6. The van der Waals surface area contributed by atoms with Gasteiger partial charge in [0, 0.05) is 19.3 Å². The minimum atomic E-state index is -1.14. The van der Waals surface area contributed by atoms with Crippen molar-refractivity contribution in [2.75, 3.05) is 41.0 Å². The molecule has 246 valence electrons. The van der Waals surface area contributed by atoms with Crippen LogP contribution in [0.1, 0.15) is 104 Å². The van der Waals surface area contributed by atoms with Gasteiger partial charge in [-0.1, -0.05) is 94.6 Å². The van der Waals surface area contributed by atoms with Crippen LogP contribution < -0.4 is 5.11 Å². The second-order valence-electron chi connectivity index (χ2n) is 11.7. The number of allylic oxidation sites excluding steroid dienone is 8. The van der Waals surface area contributed by atoms with Crippen LogP contribution in [0.25, 0.3) is 0 Å². The van der Waals surface area contributed by atoms with Gasteiger partial charge in [-0.25, -0.2) is 0 Å². The van der Waals surface area contributed by atoms with Crippen LogP contribution in [-0.4, -0.2) is 75.5 Å². The predicted molar refractivity (Wildman–Crippen MR) is 171 cm³/mol. The molecule has 0 aliphatic heterocycles. The lowest BCUT2D eigenvalue weighted by Crippen LogP contribution is -2.55. The highest BCUT2D eigenvalue weighted by atomic mass is 16.6. The first-order valence-electron chi connectivity index (χ1n) is 16.2. The van der Waals surface area contributed by atoms with Gasteiger partial charge in [-0.15, -0.1) is 0 Å². The Labute approximate surface area is 261 Å². The van der Waals surface area contributed by atoms with Crippen LogP contribution in [0, 0.1) is 0 Å². The van der Waals surface area contributed by atoms with Crippen molar-refractivity contribution in [3.63, 3.8) is 0 Å². The Morgan fingerprint density at radius 3 is 1.88 bits per heavy atom. The van der Waals surface area contributed by atoms with E-state index < -0.39 is 24.1 Å². The fourth-order valence-corrected chi connectivity index (χ4v) is 4.20. The largest absolute Gasteiger partial charge is 0.544 e. The zero-order chi connectivity index (χ0) is 32.2. The van der Waals surface area contributed by atoms with Crippen molar-refractivity contribution in [3.05, 3.63) is 48.6 Å². The van der Waals surface area contributed by atoms with Crippen LogP contribution in [0.3, 0.4) is 0 Å². The van der Waals surface area contributed by atoms with Gasteiger partial charge in [-0.3, -0.25) is 9.59 Å². The number of nitrogens with zero attached hydrogens (tertiary/aromatic N) is 1. The second kappa shape index (κ2) is 26.9. The van der Waals surface area contributed by atoms with E-state index in [1.54, 1.807) is 21.1 Å². The van der Waals surface area contributed by atoms with Gasteiger partial charge in [0.1, 0.15) is 12.6 Å². The summed E-state index contributed by atoms with van der Waals surface area (Å²) in [6.45, 7) is 4.36. The maximum atomic E-state index is 12.5. The average Bonchev–Trinajstić information content (AvgIpc) is 2.94. The third kappa shape index (κ3) is 25.5. The number of carbonyl (C=O) groups excluding carboxylic acids is 3. The molecule has 0 saturated carbocycles. The van der Waals surface area contributed by atoms with Gasteiger partial charge < -0.3 is 28.6 Å². The van der Waals surface area contributed by atoms with Crippen molar-refractivity contribution in [2.45, 2.75) is 116 Å². The van der Waals surface area contributed by atoms with E-state index in [1.807, 2.05) is 12.2 Å². The molecule has 0 radical (unpaired) electrons. The van der Waals surface area contributed by atoms with Crippen molar-refractivity contribution in [1.82, 2.24) is 0 Å². The highest BCUT2D eigenvalue weighted by molar-refractivity contribution is 5.70. The third-order valence-corrected chi connectivity index (χ3v) is 6.74. The number of hydrogen-bond acceptors (Lipinski definition) is 7. The summed E-state index contributed by atoms with van der Waals surface area (Å²) in [7, 11) is 5.35. The summed E-state index contributed by atoms with van der Waals surface area (Å²) in [6, 6.07) is -0.734. The lowest BCUT2D eigenvalue weighted by Gasteiger charge is -2.34. The number of carbonyl (C=O) groups is 3. The van der Waals surface area contributed by atoms with E-state index in [9.17, 15) is 19.5 Å². The quantitative estimate of drug-likeness (QED) is 0.0489. The van der Waals surface area contributed by atoms with Crippen molar-refractivity contribution < 1.29 is 38.2 Å². The first-order valence-corrected chi connectivity index (χ1v) is 16.2. The normalized spacial score (nSPS) is 13.8. The molecule has 0 aromatic rings. The first kappa shape index (κ1) is 40.3. The predicted octanol–water partition coefficient (Wildman–Crippen LogP) is 6.01. The lowest BCUT2D eigenvalue weighted by atomic mass is 10.1. The molecule has 0 rings (SSSR count). The molecule has 43 heavy (non-hydrogen) atoms. The Hall–Kier alpha value is -2.71. The molecular formula is C35H59NO7. The molecule has 2 atom stereocenters. The Balaban J connectivity index is 4.62. The lowest BCUT2D eigenvalue weighted by molar-refractivity contribution is -0.889. The third-order valence-electron chi connectivity index (χ3n) is 6.74. The number of carboxylic acids is 1. The maximum absolute atomic E-state index is 12.5. The molecular weight excluding hydrogens is 546 g/mol. The number of aliphatic carboxylic acids is 1. The number of hydrogen-bond donors (Lipinski definition) is 0. The summed E-state index contributed by atoms with van der Waals surface area (Å²) < 4.78 is 16.8. The van der Waals surface area contributed by atoms with E-state index in [0.717, 1.165) is 44.9 Å². The van der Waals surface area contributed by atoms with Crippen LogP contribution in [0.5, 0.6) is 0 Å². The van der Waals surface area contributed by atoms with Crippen LogP contribution in [-0.2, 0) is 28.6 Å². The Morgan fingerprint density at radius 1 is 0.721 bits per heavy atom. The van der Waals surface area contributed by atoms with Crippen LogP contribution >= 0.6 is 0 Å². The summed E-state index contributed by atoms with van der Waals surface area (Å²) in [6.07, 6.45) is 27.5. The van der Waals surface area contributed by atoms with Gasteiger partial charge in [0.05, 0.1) is 40.3 Å². The van der Waals surface area contributed by atoms with Gasteiger partial charge >= 0.3 is 11.9 Å². The molecule has 0 aromatic carbocycles. The smallest absolute Gasteiger partial charge is 0.306 e. The van der Waals surface area contributed by atoms with Gasteiger partial charge in [0.15, 0.2) is 6.10 Å². The SMILES string of the molecule is CC/C=C\C/C=C\C/C=C\C/C=C\CCC(=O)OC(COCCC(C(=O)[O-])[N+](C)(C)C)COC(=O)CCCCCCCC. The van der Waals surface area contributed by atoms with Crippen LogP contribution in [0.15, 0.2) is 48.6 Å². The fraction of sp³-hybridized carbons (Fsp3) is 0.686. The van der Waals surface area contributed by atoms with Crippen molar-refractivity contribution >= 4 is 17.9 Å². The van der Waals surface area contributed by atoms with E-state index in [4.69, 9.17) is 14.2 Å². The number of carboxylic acid groups (broad SMARTS) is 1. The maximum Gasteiger partial charge on any atom is 0.306 e. The van der Waals surface area contributed by atoms with E-state index >= 15 is 0 Å². The standard InChI is InChI=1S/C35H59NO7/c1-6-8-10-12-14-15-16-17-18-19-20-22-24-26-34(38)43-31(29-41-28-27-32(35(39)40)36(3,4)5)30-42-33(37)25-23-21-13-11-9-7-2/h8,10,14-15,17-18,20,22,31-32H,6-7,9,11-13,16,19,21,23-30H2,1-5H3/b10-8-,15-14-,18-17-,22-20-. The summed E-state index contributed by atoms with van der Waals surface area (Å²) >= 11 is 0. The molecule has 0 bridgehead atoms. The molecule has 8 heteroatoms. The number of likely N-dealkylation sites (N-methyl/N-ethyl adjacent to an activating group) is 1. The molecule has 0 N–H and O–H groups in total. The minimum absolute atomic E-state index is 0.0108. The number of quaternary nitrogens is 1. The number of esters is 2. The van der Waals surface area contributed by atoms with Crippen molar-refractivity contribution in [1.29, 1.82) is 0 Å². The van der Waals surface area contributed by atoms with Gasteiger partial charge in [0.25, 0.3) is 0 Å². The molecule has 0 amide bonds. The monoisotopic (exact) mass is 605 g/mol. The molecule has 2 unspecified atom stereocenters. The van der Waals surface area contributed by atoms with E-state index in [-0.39, 0.29) is 43.1 Å². The summed E-state index contributed by atoms with van der Waals surface area (Å²) in [4.78, 5) is 36.2. The summed E-state index contributed by atoms with van der Waals surface area (Å²) in [5.74, 6) is -1.86. The van der Waals surface area contributed by atoms with Crippen molar-refractivity contribution in [2.24, 2.45) is 0 Å². The molecule has 8 nitrogen and oxygen atoms in total. The highest BCUT2D eigenvalue weighted by Crippen LogP contribution is 2.10.